The number of piperazine rings is 1. The predicted octanol–water partition coefficient (Wildman–Crippen LogP) is 2.40. The van der Waals surface area contributed by atoms with E-state index in [1.54, 1.807) is 12.1 Å². The van der Waals surface area contributed by atoms with Crippen LogP contribution in [0.25, 0.3) is 0 Å². The highest BCUT2D eigenvalue weighted by Crippen LogP contribution is 2.40. The van der Waals surface area contributed by atoms with Crippen LogP contribution in [-0.4, -0.2) is 30.1 Å². The summed E-state index contributed by atoms with van der Waals surface area (Å²) in [7, 11) is 0. The van der Waals surface area contributed by atoms with Crippen molar-refractivity contribution in [3.8, 4) is 0 Å². The maximum Gasteiger partial charge on any atom is 0.127 e. The topological polar surface area (TPSA) is 15.3 Å². The number of benzene rings is 1. The number of halogens is 1. The van der Waals surface area contributed by atoms with Crippen LogP contribution in [0.15, 0.2) is 24.3 Å². The van der Waals surface area contributed by atoms with Gasteiger partial charge in [0.1, 0.15) is 5.82 Å². The summed E-state index contributed by atoms with van der Waals surface area (Å²) >= 11 is 0. The highest BCUT2D eigenvalue weighted by Gasteiger charge is 2.43. The van der Waals surface area contributed by atoms with E-state index in [4.69, 9.17) is 0 Å². The van der Waals surface area contributed by atoms with Crippen molar-refractivity contribution in [2.45, 2.75) is 31.8 Å². The molecule has 0 spiro atoms. The Morgan fingerprint density at radius 2 is 2.17 bits per heavy atom. The van der Waals surface area contributed by atoms with Crippen LogP contribution in [0.4, 0.5) is 4.39 Å². The minimum Gasteiger partial charge on any atom is -0.309 e. The third-order valence-electron chi connectivity index (χ3n) is 4.34. The van der Waals surface area contributed by atoms with Gasteiger partial charge in [-0.25, -0.2) is 4.39 Å². The molecule has 0 radical (unpaired) electrons. The zero-order chi connectivity index (χ0) is 12.6. The van der Waals surface area contributed by atoms with Gasteiger partial charge in [-0.15, -0.1) is 0 Å². The molecule has 1 unspecified atom stereocenters. The largest absolute Gasteiger partial charge is 0.309 e. The van der Waals surface area contributed by atoms with Gasteiger partial charge < -0.3 is 5.32 Å². The molecule has 0 bridgehead atoms. The van der Waals surface area contributed by atoms with Gasteiger partial charge in [-0.1, -0.05) is 18.2 Å². The first-order valence-electron chi connectivity index (χ1n) is 6.88. The highest BCUT2D eigenvalue weighted by atomic mass is 19.1. The molecule has 1 N–H and O–H groups in total. The zero-order valence-electron chi connectivity index (χ0n) is 11.0. The van der Waals surface area contributed by atoms with Crippen LogP contribution in [0.1, 0.15) is 25.3 Å². The fraction of sp³-hybridized carbons (Fsp3) is 0.600. The van der Waals surface area contributed by atoms with E-state index >= 15 is 0 Å². The van der Waals surface area contributed by atoms with E-state index in [0.717, 1.165) is 37.7 Å². The van der Waals surface area contributed by atoms with E-state index in [1.807, 2.05) is 12.1 Å². The second kappa shape index (κ2) is 4.63. The lowest BCUT2D eigenvalue weighted by Gasteiger charge is -2.42. The third-order valence-corrected chi connectivity index (χ3v) is 4.34. The Kier molecular flexibility index (Phi) is 3.12. The molecule has 98 valence electrons. The minimum absolute atomic E-state index is 0.0795. The molecular formula is C15H21FN2. The van der Waals surface area contributed by atoms with Crippen LogP contribution in [0.5, 0.6) is 0 Å². The van der Waals surface area contributed by atoms with Crippen LogP contribution in [0, 0.1) is 11.7 Å². The third kappa shape index (κ3) is 2.43. The van der Waals surface area contributed by atoms with Crippen molar-refractivity contribution < 1.29 is 4.39 Å². The molecule has 3 rings (SSSR count). The van der Waals surface area contributed by atoms with Crippen LogP contribution in [-0.2, 0) is 6.54 Å². The first-order valence-corrected chi connectivity index (χ1v) is 6.88. The van der Waals surface area contributed by atoms with Crippen LogP contribution >= 0.6 is 0 Å². The fourth-order valence-electron chi connectivity index (χ4n) is 3.10. The van der Waals surface area contributed by atoms with Crippen molar-refractivity contribution >= 4 is 0 Å². The van der Waals surface area contributed by atoms with Gasteiger partial charge in [-0.05, 0) is 31.7 Å². The lowest BCUT2D eigenvalue weighted by Crippen LogP contribution is -2.59. The van der Waals surface area contributed by atoms with Gasteiger partial charge in [0.2, 0.25) is 0 Å². The summed E-state index contributed by atoms with van der Waals surface area (Å²) in [5.74, 6) is 0.741. The van der Waals surface area contributed by atoms with Gasteiger partial charge >= 0.3 is 0 Å². The Labute approximate surface area is 108 Å². The molecule has 1 heterocycles. The number of rotatable bonds is 3. The van der Waals surface area contributed by atoms with Gasteiger partial charge in [0.05, 0.1) is 0 Å². The normalized spacial score (nSPS) is 29.4. The van der Waals surface area contributed by atoms with Crippen molar-refractivity contribution in [2.75, 3.05) is 19.6 Å². The lowest BCUT2D eigenvalue weighted by atomic mass is 9.92. The van der Waals surface area contributed by atoms with Crippen molar-refractivity contribution in [2.24, 2.45) is 5.92 Å². The highest BCUT2D eigenvalue weighted by molar-refractivity contribution is 5.17. The molecule has 3 heteroatoms. The van der Waals surface area contributed by atoms with Crippen LogP contribution in [0.2, 0.25) is 0 Å². The molecular weight excluding hydrogens is 227 g/mol. The average Bonchev–Trinajstić information content (AvgIpc) is 3.17. The summed E-state index contributed by atoms with van der Waals surface area (Å²) in [5, 5.41) is 3.65. The Balaban J connectivity index is 1.68. The van der Waals surface area contributed by atoms with E-state index in [0.29, 0.717) is 0 Å². The molecule has 2 fully saturated rings. The molecule has 1 aromatic rings. The fourth-order valence-corrected chi connectivity index (χ4v) is 3.10. The Bertz CT molecular complexity index is 430. The number of hydrogen-bond donors (Lipinski definition) is 1. The summed E-state index contributed by atoms with van der Waals surface area (Å²) in [6.45, 7) is 6.11. The summed E-state index contributed by atoms with van der Waals surface area (Å²) in [6, 6.07) is 7.12. The lowest BCUT2D eigenvalue weighted by molar-refractivity contribution is 0.120. The van der Waals surface area contributed by atoms with E-state index in [2.05, 4.69) is 17.1 Å². The quantitative estimate of drug-likeness (QED) is 0.883. The van der Waals surface area contributed by atoms with Gasteiger partial charge in [-0.2, -0.15) is 0 Å². The Hall–Kier alpha value is -0.930. The summed E-state index contributed by atoms with van der Waals surface area (Å²) < 4.78 is 13.7. The molecule has 1 atom stereocenters. The van der Waals surface area contributed by atoms with Crippen molar-refractivity contribution in [1.29, 1.82) is 0 Å². The van der Waals surface area contributed by atoms with E-state index in [9.17, 15) is 4.39 Å². The van der Waals surface area contributed by atoms with Crippen molar-refractivity contribution in [1.82, 2.24) is 10.2 Å². The van der Waals surface area contributed by atoms with Crippen molar-refractivity contribution in [3.63, 3.8) is 0 Å². The Morgan fingerprint density at radius 1 is 1.39 bits per heavy atom. The SMILES string of the molecule is CC1(C2CC2)CN(Cc2ccccc2F)CCN1. The molecule has 1 aliphatic carbocycles. The van der Waals surface area contributed by atoms with Crippen molar-refractivity contribution in [3.05, 3.63) is 35.6 Å². The molecule has 0 amide bonds. The number of nitrogens with one attached hydrogen (secondary N) is 1. The molecule has 1 saturated carbocycles. The summed E-state index contributed by atoms with van der Waals surface area (Å²) in [4.78, 5) is 2.38. The van der Waals surface area contributed by atoms with E-state index in [1.165, 1.54) is 12.8 Å². The first-order chi connectivity index (χ1) is 8.67. The maximum absolute atomic E-state index is 13.7. The molecule has 0 aromatic heterocycles. The number of hydrogen-bond acceptors (Lipinski definition) is 2. The smallest absolute Gasteiger partial charge is 0.127 e. The van der Waals surface area contributed by atoms with Gasteiger partial charge in [0.15, 0.2) is 0 Å². The minimum atomic E-state index is -0.0795. The molecule has 2 aliphatic rings. The molecule has 1 aromatic carbocycles. The average molecular weight is 248 g/mol. The van der Waals surface area contributed by atoms with E-state index < -0.39 is 0 Å². The predicted molar refractivity (Wildman–Crippen MR) is 70.8 cm³/mol. The molecule has 2 nitrogen and oxygen atoms in total. The van der Waals surface area contributed by atoms with E-state index in [-0.39, 0.29) is 11.4 Å². The first kappa shape index (κ1) is 12.1. The zero-order valence-corrected chi connectivity index (χ0v) is 11.0. The van der Waals surface area contributed by atoms with Gasteiger partial charge in [0, 0.05) is 37.3 Å². The Morgan fingerprint density at radius 3 is 2.89 bits per heavy atom. The molecule has 1 aliphatic heterocycles. The van der Waals surface area contributed by atoms with Gasteiger partial charge in [-0.3, -0.25) is 4.90 Å². The summed E-state index contributed by atoms with van der Waals surface area (Å²) in [5.41, 5.74) is 1.06. The summed E-state index contributed by atoms with van der Waals surface area (Å²) in [6.07, 6.45) is 2.69. The monoisotopic (exact) mass is 248 g/mol. The second-order valence-corrected chi connectivity index (χ2v) is 5.92. The van der Waals surface area contributed by atoms with Gasteiger partial charge in [0.25, 0.3) is 0 Å². The molecule has 1 saturated heterocycles. The molecule has 18 heavy (non-hydrogen) atoms. The number of nitrogens with zero attached hydrogens (tertiary/aromatic N) is 1. The van der Waals surface area contributed by atoms with Crippen LogP contribution < -0.4 is 5.32 Å². The maximum atomic E-state index is 13.7. The second-order valence-electron chi connectivity index (χ2n) is 5.92. The standard InChI is InChI=1S/C15H21FN2/c1-15(13-6-7-13)11-18(9-8-17-15)10-12-4-2-3-5-14(12)16/h2-5,13,17H,6-11H2,1H3. The van der Waals surface area contributed by atoms with Crippen LogP contribution in [0.3, 0.4) is 0 Å².